The van der Waals surface area contributed by atoms with Crippen molar-refractivity contribution in [3.8, 4) is 0 Å². The van der Waals surface area contributed by atoms with Gasteiger partial charge in [-0.25, -0.2) is 9.89 Å². The molecule has 0 spiro atoms. The predicted octanol–water partition coefficient (Wildman–Crippen LogP) is 3.41. The predicted molar refractivity (Wildman–Crippen MR) is 104 cm³/mol. The zero-order valence-corrected chi connectivity index (χ0v) is 16.3. The van der Waals surface area contributed by atoms with Crippen LogP contribution < -0.4 is 5.69 Å². The summed E-state index contributed by atoms with van der Waals surface area (Å²) >= 11 is 3.05. The molecule has 0 bridgehead atoms. The summed E-state index contributed by atoms with van der Waals surface area (Å²) in [6, 6.07) is 6.36. The van der Waals surface area contributed by atoms with Crippen LogP contribution in [0, 0.1) is 13.8 Å². The highest BCUT2D eigenvalue weighted by Crippen LogP contribution is 2.36. The molecule has 1 saturated carbocycles. The van der Waals surface area contributed by atoms with Gasteiger partial charge < -0.3 is 4.57 Å². The zero-order valence-electron chi connectivity index (χ0n) is 14.7. The Balaban J connectivity index is 1.49. The van der Waals surface area contributed by atoms with Gasteiger partial charge in [-0.15, -0.1) is 16.4 Å². The van der Waals surface area contributed by atoms with Crippen molar-refractivity contribution in [2.24, 2.45) is 0 Å². The molecule has 0 aliphatic heterocycles. The van der Waals surface area contributed by atoms with E-state index in [2.05, 4.69) is 26.2 Å². The zero-order chi connectivity index (χ0) is 18.3. The Labute approximate surface area is 159 Å². The van der Waals surface area contributed by atoms with E-state index in [4.69, 9.17) is 0 Å². The highest BCUT2D eigenvalue weighted by Gasteiger charge is 2.29. The largest absolute Gasteiger partial charge is 0.344 e. The van der Waals surface area contributed by atoms with Crippen LogP contribution in [0.1, 0.15) is 45.5 Å². The number of carbonyl (C=O) groups excluding carboxylic acids is 1. The standard InChI is InChI=1S/C18H20N4O2S2/c1-11-8-15(12(2)21(11)9-14-4-3-7-25-14)16(23)10-26-18-20-19-17(24)22(18)13-5-6-13/h3-4,7-8,13H,5-6,9-10H2,1-2H3,(H,19,24). The number of ketones is 1. The van der Waals surface area contributed by atoms with E-state index in [-0.39, 0.29) is 23.3 Å². The fourth-order valence-corrected chi connectivity index (χ4v) is 4.73. The van der Waals surface area contributed by atoms with Gasteiger partial charge in [0.25, 0.3) is 0 Å². The maximum Gasteiger partial charge on any atom is 0.344 e. The van der Waals surface area contributed by atoms with E-state index in [1.807, 2.05) is 26.0 Å². The van der Waals surface area contributed by atoms with Crippen LogP contribution in [-0.4, -0.2) is 30.9 Å². The van der Waals surface area contributed by atoms with Gasteiger partial charge in [0.2, 0.25) is 0 Å². The Hall–Kier alpha value is -2.06. The fraction of sp³-hybridized carbons (Fsp3) is 0.389. The van der Waals surface area contributed by atoms with E-state index in [0.29, 0.717) is 5.16 Å². The molecule has 3 aromatic heterocycles. The molecule has 1 N–H and O–H groups in total. The number of aromatic nitrogens is 4. The first-order valence-corrected chi connectivity index (χ1v) is 10.4. The van der Waals surface area contributed by atoms with Gasteiger partial charge in [-0.2, -0.15) is 0 Å². The van der Waals surface area contributed by atoms with Crippen molar-refractivity contribution in [1.29, 1.82) is 0 Å². The van der Waals surface area contributed by atoms with Crippen molar-refractivity contribution >= 4 is 28.9 Å². The number of hydrogen-bond donors (Lipinski definition) is 1. The highest BCUT2D eigenvalue weighted by atomic mass is 32.2. The number of aryl methyl sites for hydroxylation is 1. The monoisotopic (exact) mass is 388 g/mol. The molecule has 8 heteroatoms. The Bertz CT molecular complexity index is 993. The molecule has 1 aliphatic carbocycles. The topological polar surface area (TPSA) is 72.7 Å². The summed E-state index contributed by atoms with van der Waals surface area (Å²) in [5, 5.41) is 9.24. The molecule has 0 aromatic carbocycles. The molecule has 0 amide bonds. The lowest BCUT2D eigenvalue weighted by Crippen LogP contribution is -2.16. The third kappa shape index (κ3) is 3.31. The van der Waals surface area contributed by atoms with Gasteiger partial charge in [-0.05, 0) is 44.2 Å². The maximum absolute atomic E-state index is 12.8. The van der Waals surface area contributed by atoms with Crippen LogP contribution in [0.4, 0.5) is 0 Å². The van der Waals surface area contributed by atoms with Crippen molar-refractivity contribution in [2.75, 3.05) is 5.75 Å². The minimum Gasteiger partial charge on any atom is -0.343 e. The van der Waals surface area contributed by atoms with Gasteiger partial charge in [-0.3, -0.25) is 9.36 Å². The molecule has 4 rings (SSSR count). The van der Waals surface area contributed by atoms with Crippen molar-refractivity contribution in [1.82, 2.24) is 19.3 Å². The van der Waals surface area contributed by atoms with Gasteiger partial charge in [0.1, 0.15) is 0 Å². The van der Waals surface area contributed by atoms with Gasteiger partial charge in [0.05, 0.1) is 12.3 Å². The summed E-state index contributed by atoms with van der Waals surface area (Å²) in [6.45, 7) is 4.81. The second kappa shape index (κ2) is 6.92. The highest BCUT2D eigenvalue weighted by molar-refractivity contribution is 7.99. The normalized spacial score (nSPS) is 14.1. The molecule has 3 aromatic rings. The molecule has 3 heterocycles. The Morgan fingerprint density at radius 1 is 1.42 bits per heavy atom. The number of Topliss-reactive ketones (excluding diaryl/α,β-unsaturated/α-hetero) is 1. The van der Waals surface area contributed by atoms with Crippen molar-refractivity contribution in [3.05, 3.63) is 55.9 Å². The first kappa shape index (κ1) is 17.4. The summed E-state index contributed by atoms with van der Waals surface area (Å²) in [7, 11) is 0. The Morgan fingerprint density at radius 2 is 2.23 bits per heavy atom. The van der Waals surface area contributed by atoms with Crippen molar-refractivity contribution in [3.63, 3.8) is 0 Å². The fourth-order valence-electron chi connectivity index (χ4n) is 3.14. The average Bonchev–Trinajstić information content (AvgIpc) is 3.06. The van der Waals surface area contributed by atoms with E-state index in [1.165, 1.54) is 16.6 Å². The quantitative estimate of drug-likeness (QED) is 0.497. The van der Waals surface area contributed by atoms with Crippen LogP contribution in [0.2, 0.25) is 0 Å². The lowest BCUT2D eigenvalue weighted by molar-refractivity contribution is 0.102. The number of nitrogens with one attached hydrogen (secondary N) is 1. The minimum atomic E-state index is -0.184. The van der Waals surface area contributed by atoms with Crippen LogP contribution >= 0.6 is 23.1 Å². The lowest BCUT2D eigenvalue weighted by atomic mass is 10.2. The number of thiophene rings is 1. The number of nitrogens with zero attached hydrogens (tertiary/aromatic N) is 3. The van der Waals surface area contributed by atoms with Gasteiger partial charge >= 0.3 is 5.69 Å². The number of hydrogen-bond acceptors (Lipinski definition) is 5. The molecule has 0 atom stereocenters. The number of H-pyrrole nitrogens is 1. The Kier molecular flexibility index (Phi) is 4.62. The van der Waals surface area contributed by atoms with Crippen molar-refractivity contribution < 1.29 is 4.79 Å². The molecule has 26 heavy (non-hydrogen) atoms. The van der Waals surface area contributed by atoms with Gasteiger partial charge in [-0.1, -0.05) is 17.8 Å². The molecular weight excluding hydrogens is 368 g/mol. The molecular formula is C18H20N4O2S2. The van der Waals surface area contributed by atoms with E-state index >= 15 is 0 Å². The van der Waals surface area contributed by atoms with Crippen molar-refractivity contribution in [2.45, 2.75) is 44.4 Å². The molecule has 1 aliphatic rings. The van der Waals surface area contributed by atoms with Crippen LogP contribution in [0.3, 0.4) is 0 Å². The number of carbonyl (C=O) groups is 1. The van der Waals surface area contributed by atoms with Crippen LogP contribution in [0.5, 0.6) is 0 Å². The first-order valence-electron chi connectivity index (χ1n) is 8.56. The SMILES string of the molecule is Cc1cc(C(=O)CSc2n[nH]c(=O)n2C2CC2)c(C)n1Cc1cccs1. The van der Waals surface area contributed by atoms with E-state index < -0.39 is 0 Å². The van der Waals surface area contributed by atoms with Crippen LogP contribution in [0.25, 0.3) is 0 Å². The molecule has 0 unspecified atom stereocenters. The molecule has 1 fully saturated rings. The average molecular weight is 389 g/mol. The molecule has 6 nitrogen and oxygen atoms in total. The molecule has 0 radical (unpaired) electrons. The number of aromatic amines is 1. The van der Waals surface area contributed by atoms with E-state index in [9.17, 15) is 9.59 Å². The van der Waals surface area contributed by atoms with E-state index in [0.717, 1.165) is 36.3 Å². The number of rotatable bonds is 7. The molecule has 136 valence electrons. The summed E-state index contributed by atoms with van der Waals surface area (Å²) < 4.78 is 3.86. The van der Waals surface area contributed by atoms with E-state index in [1.54, 1.807) is 15.9 Å². The van der Waals surface area contributed by atoms with Gasteiger partial charge in [0, 0.05) is 27.9 Å². The smallest absolute Gasteiger partial charge is 0.343 e. The van der Waals surface area contributed by atoms with Gasteiger partial charge in [0.15, 0.2) is 10.9 Å². The number of thioether (sulfide) groups is 1. The van der Waals surface area contributed by atoms with Crippen LogP contribution in [-0.2, 0) is 6.54 Å². The third-order valence-electron chi connectivity index (χ3n) is 4.68. The lowest BCUT2D eigenvalue weighted by Gasteiger charge is -2.08. The summed E-state index contributed by atoms with van der Waals surface area (Å²) in [6.07, 6.45) is 2.01. The van der Waals surface area contributed by atoms with Crippen LogP contribution in [0.15, 0.2) is 33.5 Å². The third-order valence-corrected chi connectivity index (χ3v) is 6.50. The second-order valence-electron chi connectivity index (χ2n) is 6.57. The molecule has 0 saturated heterocycles. The first-order chi connectivity index (χ1) is 12.5. The minimum absolute atomic E-state index is 0.0679. The summed E-state index contributed by atoms with van der Waals surface area (Å²) in [4.78, 5) is 25.9. The maximum atomic E-state index is 12.8. The second-order valence-corrected chi connectivity index (χ2v) is 8.55. The summed E-state index contributed by atoms with van der Waals surface area (Å²) in [5.74, 6) is 0.346. The Morgan fingerprint density at radius 3 is 2.92 bits per heavy atom. The summed E-state index contributed by atoms with van der Waals surface area (Å²) in [5.41, 5.74) is 2.64.